The topological polar surface area (TPSA) is 30.7 Å². The molecule has 0 bridgehead atoms. The van der Waals surface area contributed by atoms with E-state index in [1.54, 1.807) is 0 Å². The second-order valence-electron chi connectivity index (χ2n) is 5.68. The van der Waals surface area contributed by atoms with Gasteiger partial charge in [-0.3, -0.25) is 0 Å². The Balaban J connectivity index is 1.83. The van der Waals surface area contributed by atoms with E-state index in [9.17, 15) is 0 Å². The molecule has 4 aromatic rings. The molecule has 0 N–H and O–H groups in total. The summed E-state index contributed by atoms with van der Waals surface area (Å²) in [6.45, 7) is 1.92. The van der Waals surface area contributed by atoms with Gasteiger partial charge in [0, 0.05) is 5.56 Å². The van der Waals surface area contributed by atoms with E-state index in [2.05, 4.69) is 70.7 Å². The minimum atomic E-state index is 0.763. The average molecular weight is 311 g/mol. The molecule has 0 amide bonds. The summed E-state index contributed by atoms with van der Waals surface area (Å²) in [4.78, 5) is 4.61. The lowest BCUT2D eigenvalue weighted by Crippen LogP contribution is -2.00. The lowest BCUT2D eigenvalue weighted by atomic mass is 10.1. The van der Waals surface area contributed by atoms with E-state index in [0.29, 0.717) is 0 Å². The largest absolute Gasteiger partial charge is 0.213 e. The maximum Gasteiger partial charge on any atom is 0.163 e. The minimum absolute atomic E-state index is 0.763. The van der Waals surface area contributed by atoms with Crippen molar-refractivity contribution in [3.8, 4) is 28.2 Å². The third kappa shape index (κ3) is 2.72. The number of nitrogens with zero attached hydrogens (tertiary/aromatic N) is 3. The number of hydrogen-bond acceptors (Lipinski definition) is 2. The Kier molecular flexibility index (Phi) is 3.67. The molecular formula is C21H17N3. The van der Waals surface area contributed by atoms with Gasteiger partial charge in [-0.25, -0.2) is 9.67 Å². The van der Waals surface area contributed by atoms with E-state index < -0.39 is 0 Å². The van der Waals surface area contributed by atoms with Crippen molar-refractivity contribution in [2.75, 3.05) is 0 Å². The molecule has 0 unspecified atom stereocenters. The van der Waals surface area contributed by atoms with Crippen molar-refractivity contribution in [1.82, 2.24) is 14.8 Å². The van der Waals surface area contributed by atoms with Crippen molar-refractivity contribution in [1.29, 1.82) is 0 Å². The summed E-state index contributed by atoms with van der Waals surface area (Å²) in [5.74, 6) is 1.62. The van der Waals surface area contributed by atoms with Crippen LogP contribution in [0, 0.1) is 6.92 Å². The van der Waals surface area contributed by atoms with Crippen molar-refractivity contribution < 1.29 is 0 Å². The fraction of sp³-hybridized carbons (Fsp3) is 0.0476. The van der Waals surface area contributed by atoms with Crippen LogP contribution in [0.15, 0.2) is 84.9 Å². The second-order valence-corrected chi connectivity index (χ2v) is 5.68. The Labute approximate surface area is 141 Å². The molecular weight excluding hydrogens is 294 g/mol. The Morgan fingerprint density at radius 3 is 2.00 bits per heavy atom. The van der Waals surface area contributed by atoms with E-state index >= 15 is 0 Å². The SMILES string of the molecule is Cc1nc(-c2ccccc2)n(-c2cccc(-c3ccccc3)c2)n1. The van der Waals surface area contributed by atoms with Crippen LogP contribution >= 0.6 is 0 Å². The van der Waals surface area contributed by atoms with Gasteiger partial charge in [-0.1, -0.05) is 72.8 Å². The number of hydrogen-bond donors (Lipinski definition) is 0. The predicted molar refractivity (Wildman–Crippen MR) is 97.0 cm³/mol. The van der Waals surface area contributed by atoms with E-state index in [0.717, 1.165) is 22.9 Å². The molecule has 0 saturated heterocycles. The van der Waals surface area contributed by atoms with Crippen LogP contribution in [-0.2, 0) is 0 Å². The van der Waals surface area contributed by atoms with Crippen LogP contribution in [0.5, 0.6) is 0 Å². The van der Waals surface area contributed by atoms with Gasteiger partial charge in [0.05, 0.1) is 5.69 Å². The summed E-state index contributed by atoms with van der Waals surface area (Å²) in [5, 5.41) is 4.60. The van der Waals surface area contributed by atoms with Crippen LogP contribution < -0.4 is 0 Å². The first-order valence-electron chi connectivity index (χ1n) is 7.96. The van der Waals surface area contributed by atoms with Gasteiger partial charge in [-0.05, 0) is 30.2 Å². The van der Waals surface area contributed by atoms with Gasteiger partial charge < -0.3 is 0 Å². The summed E-state index contributed by atoms with van der Waals surface area (Å²) >= 11 is 0. The lowest BCUT2D eigenvalue weighted by Gasteiger charge is -2.08. The van der Waals surface area contributed by atoms with Crippen molar-refractivity contribution in [2.24, 2.45) is 0 Å². The predicted octanol–water partition coefficient (Wildman–Crippen LogP) is 4.91. The molecule has 0 aliphatic carbocycles. The fourth-order valence-corrected chi connectivity index (χ4v) is 2.82. The van der Waals surface area contributed by atoms with Crippen LogP contribution in [0.4, 0.5) is 0 Å². The molecule has 0 fully saturated rings. The molecule has 24 heavy (non-hydrogen) atoms. The summed E-state index contributed by atoms with van der Waals surface area (Å²) in [7, 11) is 0. The third-order valence-electron chi connectivity index (χ3n) is 3.94. The van der Waals surface area contributed by atoms with Crippen molar-refractivity contribution in [3.05, 3.63) is 90.8 Å². The zero-order valence-electron chi connectivity index (χ0n) is 13.4. The maximum absolute atomic E-state index is 4.61. The molecule has 3 nitrogen and oxygen atoms in total. The van der Waals surface area contributed by atoms with Crippen LogP contribution in [0.3, 0.4) is 0 Å². The van der Waals surface area contributed by atoms with E-state index in [1.165, 1.54) is 11.1 Å². The number of aryl methyl sites for hydroxylation is 1. The van der Waals surface area contributed by atoms with E-state index in [1.807, 2.05) is 35.9 Å². The quantitative estimate of drug-likeness (QED) is 0.538. The van der Waals surface area contributed by atoms with E-state index in [-0.39, 0.29) is 0 Å². The van der Waals surface area contributed by atoms with Crippen LogP contribution in [0.2, 0.25) is 0 Å². The summed E-state index contributed by atoms with van der Waals surface area (Å²) in [6, 6.07) is 28.9. The normalized spacial score (nSPS) is 10.7. The molecule has 1 heterocycles. The summed E-state index contributed by atoms with van der Waals surface area (Å²) in [6.07, 6.45) is 0. The Hall–Kier alpha value is -3.20. The highest BCUT2D eigenvalue weighted by molar-refractivity contribution is 5.67. The second kappa shape index (κ2) is 6.13. The van der Waals surface area contributed by atoms with Gasteiger partial charge in [0.1, 0.15) is 5.82 Å². The first-order valence-corrected chi connectivity index (χ1v) is 7.96. The first kappa shape index (κ1) is 14.4. The van der Waals surface area contributed by atoms with Gasteiger partial charge in [-0.15, -0.1) is 0 Å². The minimum Gasteiger partial charge on any atom is -0.213 e. The summed E-state index contributed by atoms with van der Waals surface area (Å²) in [5.41, 5.74) is 4.43. The molecule has 3 aromatic carbocycles. The third-order valence-corrected chi connectivity index (χ3v) is 3.94. The standard InChI is InChI=1S/C21H17N3/c1-16-22-21(18-11-6-3-7-12-18)24(23-16)20-14-8-13-19(15-20)17-9-4-2-5-10-17/h2-15H,1H3. The average Bonchev–Trinajstić information content (AvgIpc) is 3.05. The first-order chi connectivity index (χ1) is 11.8. The van der Waals surface area contributed by atoms with Gasteiger partial charge in [0.25, 0.3) is 0 Å². The number of rotatable bonds is 3. The van der Waals surface area contributed by atoms with Crippen LogP contribution in [-0.4, -0.2) is 14.8 Å². The fourth-order valence-electron chi connectivity index (χ4n) is 2.82. The molecule has 4 rings (SSSR count). The highest BCUT2D eigenvalue weighted by atomic mass is 15.3. The molecule has 0 aliphatic rings. The Morgan fingerprint density at radius 2 is 1.29 bits per heavy atom. The zero-order valence-corrected chi connectivity index (χ0v) is 13.4. The molecule has 0 atom stereocenters. The van der Waals surface area contributed by atoms with Gasteiger partial charge in [0.15, 0.2) is 5.82 Å². The number of benzene rings is 3. The molecule has 3 heteroatoms. The Morgan fingerprint density at radius 1 is 0.667 bits per heavy atom. The smallest absolute Gasteiger partial charge is 0.163 e. The lowest BCUT2D eigenvalue weighted by molar-refractivity contribution is 0.869. The van der Waals surface area contributed by atoms with Crippen molar-refractivity contribution in [3.63, 3.8) is 0 Å². The van der Waals surface area contributed by atoms with Crippen molar-refractivity contribution >= 4 is 0 Å². The summed E-state index contributed by atoms with van der Waals surface area (Å²) < 4.78 is 1.91. The van der Waals surface area contributed by atoms with Crippen molar-refractivity contribution in [2.45, 2.75) is 6.92 Å². The van der Waals surface area contributed by atoms with Crippen LogP contribution in [0.1, 0.15) is 5.82 Å². The Bertz CT molecular complexity index is 957. The highest BCUT2D eigenvalue weighted by Gasteiger charge is 2.12. The maximum atomic E-state index is 4.61. The highest BCUT2D eigenvalue weighted by Crippen LogP contribution is 2.25. The zero-order chi connectivity index (χ0) is 16.4. The molecule has 0 spiro atoms. The molecule has 0 radical (unpaired) electrons. The van der Waals surface area contributed by atoms with Gasteiger partial charge in [0.2, 0.25) is 0 Å². The molecule has 0 saturated carbocycles. The number of aromatic nitrogens is 3. The molecule has 1 aromatic heterocycles. The van der Waals surface area contributed by atoms with E-state index in [4.69, 9.17) is 0 Å². The molecule has 116 valence electrons. The monoisotopic (exact) mass is 311 g/mol. The van der Waals surface area contributed by atoms with Gasteiger partial charge >= 0.3 is 0 Å². The van der Waals surface area contributed by atoms with Crippen LogP contribution in [0.25, 0.3) is 28.2 Å². The molecule has 0 aliphatic heterocycles. The van der Waals surface area contributed by atoms with Gasteiger partial charge in [-0.2, -0.15) is 5.10 Å².